The summed E-state index contributed by atoms with van der Waals surface area (Å²) in [5.74, 6) is 5.08. The monoisotopic (exact) mass is 1060 g/mol. The standard InChI is InChI=1S/C72H55B2N3O3S/c1-44-32-45(2)35-51(34-44)75(52-36-46(3)33-47(4)37-52)53-38-54(76(61-23-12-7-18-48(61)5)50-30-31-60-70(43-50)81-69-29-17-28-66-72(69)74(60)59-22-11-14-25-63(59)78-66)40-55(39-53)77(62-24-13-8-19-49(62)6)56-41-67-71-68(42-56)80-65-27-16-10-21-58(65)73(71)57-20-9-15-26-64(57)79-67/h7-43H,1-6H3. The van der Waals surface area contributed by atoms with Crippen molar-refractivity contribution in [2.75, 3.05) is 14.7 Å². The van der Waals surface area contributed by atoms with Crippen LogP contribution in [0.4, 0.5) is 51.2 Å². The number of hydrogen-bond acceptors (Lipinski definition) is 7. The average Bonchev–Trinajstić information content (AvgIpc) is 3.51. The summed E-state index contributed by atoms with van der Waals surface area (Å²) < 4.78 is 20.6. The summed E-state index contributed by atoms with van der Waals surface area (Å²) in [6.07, 6.45) is 0. The Morgan fingerprint density at radius 1 is 0.284 bits per heavy atom. The van der Waals surface area contributed by atoms with Gasteiger partial charge in [-0.15, -0.1) is 0 Å². The number of ether oxygens (including phenoxy) is 3. The molecule has 11 aromatic rings. The molecule has 0 spiro atoms. The summed E-state index contributed by atoms with van der Waals surface area (Å²) in [7, 11) is 0. The Morgan fingerprint density at radius 2 is 0.691 bits per heavy atom. The highest BCUT2D eigenvalue weighted by Gasteiger charge is 2.42. The van der Waals surface area contributed by atoms with Gasteiger partial charge in [0.1, 0.15) is 34.5 Å². The number of rotatable bonds is 9. The second kappa shape index (κ2) is 19.2. The van der Waals surface area contributed by atoms with Crippen LogP contribution in [0.15, 0.2) is 234 Å². The van der Waals surface area contributed by atoms with Crippen LogP contribution in [-0.4, -0.2) is 13.4 Å². The predicted molar refractivity (Wildman–Crippen MR) is 338 cm³/mol. The van der Waals surface area contributed by atoms with Gasteiger partial charge in [0, 0.05) is 55.8 Å². The number of aryl methyl sites for hydroxylation is 6. The first-order valence-electron chi connectivity index (χ1n) is 27.8. The summed E-state index contributed by atoms with van der Waals surface area (Å²) in [5.41, 5.74) is 23.2. The molecule has 0 radical (unpaired) electrons. The van der Waals surface area contributed by atoms with Gasteiger partial charge in [-0.25, -0.2) is 0 Å². The number of nitrogens with zero attached hydrogens (tertiary/aromatic N) is 3. The van der Waals surface area contributed by atoms with Gasteiger partial charge in [0.2, 0.25) is 0 Å². The molecule has 0 aromatic heterocycles. The molecule has 0 unspecified atom stereocenters. The van der Waals surface area contributed by atoms with Gasteiger partial charge in [0.15, 0.2) is 0 Å². The van der Waals surface area contributed by atoms with E-state index in [1.165, 1.54) is 48.4 Å². The van der Waals surface area contributed by atoms with Crippen LogP contribution in [0, 0.1) is 41.5 Å². The topological polar surface area (TPSA) is 37.4 Å². The minimum atomic E-state index is -0.0564. The van der Waals surface area contributed by atoms with Gasteiger partial charge in [-0.05, 0) is 194 Å². The largest absolute Gasteiger partial charge is 0.458 e. The van der Waals surface area contributed by atoms with Gasteiger partial charge in [-0.3, -0.25) is 0 Å². The number of fused-ring (bicyclic) bond motifs is 8. The lowest BCUT2D eigenvalue weighted by molar-refractivity contribution is 0.465. The zero-order valence-corrected chi connectivity index (χ0v) is 46.8. The quantitative estimate of drug-likeness (QED) is 0.133. The van der Waals surface area contributed by atoms with Gasteiger partial charge < -0.3 is 28.9 Å². The van der Waals surface area contributed by atoms with Crippen molar-refractivity contribution in [1.82, 2.24) is 0 Å². The maximum atomic E-state index is 7.03. The third-order valence-electron chi connectivity index (χ3n) is 16.4. The number of benzene rings is 11. The zero-order valence-electron chi connectivity index (χ0n) is 46.0. The molecule has 4 aliphatic heterocycles. The summed E-state index contributed by atoms with van der Waals surface area (Å²) in [4.78, 5) is 9.74. The fourth-order valence-corrected chi connectivity index (χ4v) is 14.3. The van der Waals surface area contributed by atoms with Gasteiger partial charge in [-0.2, -0.15) is 0 Å². The van der Waals surface area contributed by atoms with Crippen molar-refractivity contribution < 1.29 is 14.2 Å². The Labute approximate surface area is 479 Å². The minimum absolute atomic E-state index is 0.0344. The Bertz CT molecular complexity index is 4240. The number of anilines is 9. The molecule has 11 aromatic carbocycles. The van der Waals surface area contributed by atoms with E-state index in [4.69, 9.17) is 14.2 Å². The lowest BCUT2D eigenvalue weighted by atomic mass is 9.35. The maximum Gasteiger partial charge on any atom is 0.260 e. The molecule has 4 heterocycles. The molecule has 0 saturated heterocycles. The van der Waals surface area contributed by atoms with E-state index < -0.39 is 0 Å². The fourth-order valence-electron chi connectivity index (χ4n) is 13.1. The van der Waals surface area contributed by atoms with E-state index in [0.717, 1.165) is 113 Å². The van der Waals surface area contributed by atoms with Crippen molar-refractivity contribution in [3.63, 3.8) is 0 Å². The van der Waals surface area contributed by atoms with Crippen molar-refractivity contribution in [2.24, 2.45) is 0 Å². The van der Waals surface area contributed by atoms with Crippen LogP contribution in [0.25, 0.3) is 0 Å². The maximum absolute atomic E-state index is 7.03. The van der Waals surface area contributed by atoms with Crippen LogP contribution in [0.2, 0.25) is 0 Å². The molecule has 0 bridgehead atoms. The van der Waals surface area contributed by atoms with Crippen molar-refractivity contribution in [2.45, 2.75) is 51.3 Å². The summed E-state index contributed by atoms with van der Waals surface area (Å²) in [6, 6.07) is 81.7. The van der Waals surface area contributed by atoms with E-state index in [1.807, 2.05) is 11.8 Å². The van der Waals surface area contributed by atoms with E-state index in [2.05, 4.69) is 281 Å². The molecule has 0 saturated carbocycles. The molecule has 388 valence electrons. The third kappa shape index (κ3) is 8.28. The summed E-state index contributed by atoms with van der Waals surface area (Å²) >= 11 is 1.83. The number of para-hydroxylation sites is 5. The van der Waals surface area contributed by atoms with Crippen molar-refractivity contribution in [3.05, 3.63) is 258 Å². The molecule has 0 amide bonds. The smallest absolute Gasteiger partial charge is 0.260 e. The lowest BCUT2D eigenvalue weighted by Gasteiger charge is -2.36. The van der Waals surface area contributed by atoms with E-state index >= 15 is 0 Å². The van der Waals surface area contributed by atoms with E-state index in [1.54, 1.807) is 0 Å². The molecular formula is C72H55B2N3O3S. The minimum Gasteiger partial charge on any atom is -0.458 e. The molecule has 6 nitrogen and oxygen atoms in total. The molecule has 0 aliphatic carbocycles. The summed E-state index contributed by atoms with van der Waals surface area (Å²) in [6.45, 7) is 13.2. The van der Waals surface area contributed by atoms with Gasteiger partial charge >= 0.3 is 0 Å². The Kier molecular flexibility index (Phi) is 11.6. The highest BCUT2D eigenvalue weighted by Crippen LogP contribution is 2.50. The Morgan fingerprint density at radius 3 is 1.21 bits per heavy atom. The van der Waals surface area contributed by atoms with Gasteiger partial charge in [0.05, 0.1) is 22.7 Å². The van der Waals surface area contributed by atoms with Crippen LogP contribution in [0.3, 0.4) is 0 Å². The SMILES string of the molecule is Cc1cc(C)cc(N(c2cc(C)cc(C)c2)c2cc(N(c3cc4c5c(c3)Oc3ccccc3B5c3ccccc3O4)c3ccccc3C)cc(N(c3ccc4c(c3)Sc3cccc5c3B4c3ccccc3O5)c3ccccc3C)c2)c1. The van der Waals surface area contributed by atoms with Crippen LogP contribution < -0.4 is 61.7 Å². The van der Waals surface area contributed by atoms with Crippen LogP contribution in [0.5, 0.6) is 34.5 Å². The van der Waals surface area contributed by atoms with Crippen LogP contribution in [-0.2, 0) is 0 Å². The van der Waals surface area contributed by atoms with E-state index in [0.29, 0.717) is 0 Å². The summed E-state index contributed by atoms with van der Waals surface area (Å²) in [5, 5.41) is 0. The lowest BCUT2D eigenvalue weighted by Crippen LogP contribution is -2.57. The van der Waals surface area contributed by atoms with E-state index in [-0.39, 0.29) is 13.4 Å². The van der Waals surface area contributed by atoms with Crippen molar-refractivity contribution in [1.29, 1.82) is 0 Å². The first kappa shape index (κ1) is 48.8. The van der Waals surface area contributed by atoms with Crippen molar-refractivity contribution >= 4 is 109 Å². The average molecular weight is 1060 g/mol. The fraction of sp³-hybridized carbons (Fsp3) is 0.0833. The second-order valence-electron chi connectivity index (χ2n) is 22.1. The van der Waals surface area contributed by atoms with Gasteiger partial charge in [-0.1, -0.05) is 132 Å². The van der Waals surface area contributed by atoms with Crippen LogP contribution in [0.1, 0.15) is 33.4 Å². The first-order valence-corrected chi connectivity index (χ1v) is 28.7. The third-order valence-corrected chi connectivity index (χ3v) is 17.5. The second-order valence-corrected chi connectivity index (χ2v) is 23.2. The zero-order chi connectivity index (χ0) is 54.6. The molecule has 0 N–H and O–H groups in total. The Hall–Kier alpha value is -9.30. The van der Waals surface area contributed by atoms with E-state index in [9.17, 15) is 0 Å². The molecular weight excluding hydrogens is 1010 g/mol. The molecule has 4 aliphatic rings. The van der Waals surface area contributed by atoms with Crippen molar-refractivity contribution in [3.8, 4) is 34.5 Å². The van der Waals surface area contributed by atoms with Crippen LogP contribution >= 0.6 is 11.8 Å². The molecule has 0 atom stereocenters. The molecule has 0 fully saturated rings. The highest BCUT2D eigenvalue weighted by molar-refractivity contribution is 8.00. The molecule has 81 heavy (non-hydrogen) atoms. The normalized spacial score (nSPS) is 12.8. The predicted octanol–water partition coefficient (Wildman–Crippen LogP) is 15.8. The van der Waals surface area contributed by atoms with Gasteiger partial charge in [0.25, 0.3) is 13.4 Å². The molecule has 15 rings (SSSR count). The number of hydrogen-bond donors (Lipinski definition) is 0. The molecule has 9 heteroatoms. The first-order chi connectivity index (χ1) is 39.6. The Balaban J connectivity index is 0.998. The highest BCUT2D eigenvalue weighted by atomic mass is 32.2.